The smallest absolute Gasteiger partial charge is 0.259 e. The number of aliphatic hydroxyl groups is 1. The number of phenols is 3. The number of nitrogens with one attached hydrogen (secondary N) is 1. The third kappa shape index (κ3) is 3.09. The molecule has 0 fully saturated rings. The molecule has 8 nitrogen and oxygen atoms in total. The first kappa shape index (κ1) is 13.7. The minimum Gasteiger partial charge on any atom is -0.504 e. The Kier molecular flexibility index (Phi) is 4.46. The lowest BCUT2D eigenvalue weighted by molar-refractivity contribution is -0.123. The maximum atomic E-state index is 11.1. The van der Waals surface area contributed by atoms with Crippen molar-refractivity contribution in [1.29, 1.82) is 0 Å². The molecule has 0 aliphatic heterocycles. The third-order valence-electron chi connectivity index (χ3n) is 2.07. The van der Waals surface area contributed by atoms with E-state index in [-0.39, 0.29) is 5.56 Å². The summed E-state index contributed by atoms with van der Waals surface area (Å²) in [7, 11) is 0. The predicted octanol–water partition coefficient (Wildman–Crippen LogP) is -1.43. The van der Waals surface area contributed by atoms with Crippen LogP contribution in [0, 0.1) is 0 Å². The van der Waals surface area contributed by atoms with Crippen molar-refractivity contribution in [3.63, 3.8) is 0 Å². The van der Waals surface area contributed by atoms with E-state index in [1.54, 1.807) is 0 Å². The molecule has 0 unspecified atom stereocenters. The lowest BCUT2D eigenvalue weighted by Crippen LogP contribution is -2.40. The lowest BCUT2D eigenvalue weighted by atomic mass is 10.2. The number of carbonyl (C=O) groups is 1. The van der Waals surface area contributed by atoms with Gasteiger partial charge in [0.15, 0.2) is 11.5 Å². The second kappa shape index (κ2) is 5.84. The number of hydrogen-bond donors (Lipinski definition) is 6. The maximum Gasteiger partial charge on any atom is 0.259 e. The zero-order valence-electron chi connectivity index (χ0n) is 9.24. The van der Waals surface area contributed by atoms with Crippen LogP contribution in [0.5, 0.6) is 17.2 Å². The standard InChI is InChI=1S/C10H13N3O5/c11-6(4-14)10(18)13-12-3-5-1-2-7(15)9(17)8(5)16/h1-3,6,14-17H,4,11H2,(H,13,18)/t6-/m1/s1. The van der Waals surface area contributed by atoms with Crippen LogP contribution in [-0.4, -0.2) is 45.2 Å². The van der Waals surface area contributed by atoms with Gasteiger partial charge < -0.3 is 26.2 Å². The van der Waals surface area contributed by atoms with Gasteiger partial charge in [-0.15, -0.1) is 0 Å². The molecule has 0 aliphatic rings. The van der Waals surface area contributed by atoms with Gasteiger partial charge in [-0.2, -0.15) is 5.10 Å². The molecule has 1 aromatic rings. The number of hydrazone groups is 1. The Morgan fingerprint density at radius 2 is 2.06 bits per heavy atom. The number of rotatable bonds is 4. The number of nitrogens with two attached hydrogens (primary N) is 1. The molecule has 0 saturated heterocycles. The molecule has 0 spiro atoms. The van der Waals surface area contributed by atoms with Crippen LogP contribution < -0.4 is 11.2 Å². The van der Waals surface area contributed by atoms with Gasteiger partial charge in [0.2, 0.25) is 5.75 Å². The summed E-state index contributed by atoms with van der Waals surface area (Å²) in [6, 6.07) is 1.34. The van der Waals surface area contributed by atoms with Gasteiger partial charge in [0, 0.05) is 5.56 Å². The number of benzene rings is 1. The monoisotopic (exact) mass is 255 g/mol. The van der Waals surface area contributed by atoms with Gasteiger partial charge >= 0.3 is 0 Å². The van der Waals surface area contributed by atoms with Crippen molar-refractivity contribution >= 4 is 12.1 Å². The van der Waals surface area contributed by atoms with Gasteiger partial charge in [0.1, 0.15) is 6.04 Å². The number of nitrogens with zero attached hydrogens (tertiary/aromatic N) is 1. The SMILES string of the molecule is N[C@H](CO)C(=O)NN=Cc1ccc(O)c(O)c1O. The Hall–Kier alpha value is -2.32. The molecule has 0 radical (unpaired) electrons. The van der Waals surface area contributed by atoms with E-state index in [2.05, 4.69) is 5.10 Å². The maximum absolute atomic E-state index is 11.1. The second-order valence-electron chi connectivity index (χ2n) is 3.39. The van der Waals surface area contributed by atoms with Gasteiger partial charge in [-0.1, -0.05) is 0 Å². The molecule has 18 heavy (non-hydrogen) atoms. The first-order valence-electron chi connectivity index (χ1n) is 4.90. The van der Waals surface area contributed by atoms with Crippen LogP contribution in [0.4, 0.5) is 0 Å². The molecule has 0 aromatic heterocycles. The van der Waals surface area contributed by atoms with Crippen molar-refractivity contribution < 1.29 is 25.2 Å². The predicted molar refractivity (Wildman–Crippen MR) is 62.2 cm³/mol. The Morgan fingerprint density at radius 3 is 2.67 bits per heavy atom. The summed E-state index contributed by atoms with van der Waals surface area (Å²) in [5.74, 6) is -2.43. The van der Waals surface area contributed by atoms with Gasteiger partial charge in [-0.25, -0.2) is 5.43 Å². The van der Waals surface area contributed by atoms with Crippen LogP contribution in [-0.2, 0) is 4.79 Å². The summed E-state index contributed by atoms with van der Waals surface area (Å²) >= 11 is 0. The van der Waals surface area contributed by atoms with Crippen LogP contribution in [0.2, 0.25) is 0 Å². The molecule has 98 valence electrons. The fraction of sp³-hybridized carbons (Fsp3) is 0.200. The Balaban J connectivity index is 2.74. The van der Waals surface area contributed by atoms with Crippen LogP contribution in [0.1, 0.15) is 5.56 Å². The van der Waals surface area contributed by atoms with E-state index in [0.717, 1.165) is 12.3 Å². The lowest BCUT2D eigenvalue weighted by Gasteiger charge is -2.05. The zero-order valence-corrected chi connectivity index (χ0v) is 9.24. The van der Waals surface area contributed by atoms with Crippen LogP contribution >= 0.6 is 0 Å². The summed E-state index contributed by atoms with van der Waals surface area (Å²) < 4.78 is 0. The van der Waals surface area contributed by atoms with E-state index in [1.807, 2.05) is 5.43 Å². The molecule has 1 amide bonds. The number of aromatic hydroxyl groups is 3. The molecule has 8 heteroatoms. The van der Waals surface area contributed by atoms with Gasteiger partial charge in [-0.3, -0.25) is 4.79 Å². The Morgan fingerprint density at radius 1 is 1.39 bits per heavy atom. The van der Waals surface area contributed by atoms with Crippen molar-refractivity contribution in [3.05, 3.63) is 17.7 Å². The van der Waals surface area contributed by atoms with Crippen LogP contribution in [0.15, 0.2) is 17.2 Å². The Labute approximate surface area is 102 Å². The normalized spacial score (nSPS) is 12.6. The third-order valence-corrected chi connectivity index (χ3v) is 2.07. The average Bonchev–Trinajstić information content (AvgIpc) is 2.37. The summed E-state index contributed by atoms with van der Waals surface area (Å²) in [6.45, 7) is -0.521. The zero-order chi connectivity index (χ0) is 13.7. The highest BCUT2D eigenvalue weighted by Crippen LogP contribution is 2.36. The summed E-state index contributed by atoms with van der Waals surface area (Å²) in [6.07, 6.45) is 1.05. The molecular weight excluding hydrogens is 242 g/mol. The minimum absolute atomic E-state index is 0.0863. The summed E-state index contributed by atoms with van der Waals surface area (Å²) in [4.78, 5) is 11.1. The number of aliphatic hydroxyl groups excluding tert-OH is 1. The van der Waals surface area contributed by atoms with E-state index in [1.165, 1.54) is 6.07 Å². The molecule has 1 atom stereocenters. The van der Waals surface area contributed by atoms with Crippen molar-refractivity contribution in [2.24, 2.45) is 10.8 Å². The van der Waals surface area contributed by atoms with Crippen molar-refractivity contribution in [1.82, 2.24) is 5.43 Å². The van der Waals surface area contributed by atoms with Crippen LogP contribution in [0.3, 0.4) is 0 Å². The minimum atomic E-state index is -1.09. The fourth-order valence-electron chi connectivity index (χ4n) is 1.02. The number of carbonyl (C=O) groups excluding carboxylic acids is 1. The molecule has 1 aromatic carbocycles. The fourth-order valence-corrected chi connectivity index (χ4v) is 1.02. The highest BCUT2D eigenvalue weighted by atomic mass is 16.3. The van der Waals surface area contributed by atoms with Gasteiger partial charge in [0.25, 0.3) is 5.91 Å². The molecule has 1 rings (SSSR count). The largest absolute Gasteiger partial charge is 0.504 e. The quantitative estimate of drug-likeness (QED) is 0.221. The summed E-state index contributed by atoms with van der Waals surface area (Å²) in [5.41, 5.74) is 7.33. The van der Waals surface area contributed by atoms with E-state index in [9.17, 15) is 15.0 Å². The molecule has 7 N–H and O–H groups in total. The number of phenolic OH excluding ortho intramolecular Hbond substituents is 3. The van der Waals surface area contributed by atoms with Crippen molar-refractivity contribution in [2.45, 2.75) is 6.04 Å². The van der Waals surface area contributed by atoms with Crippen molar-refractivity contribution in [3.8, 4) is 17.2 Å². The highest BCUT2D eigenvalue weighted by Gasteiger charge is 2.11. The molecule has 0 aliphatic carbocycles. The Bertz CT molecular complexity index is 475. The van der Waals surface area contributed by atoms with Gasteiger partial charge in [-0.05, 0) is 12.1 Å². The topological polar surface area (TPSA) is 148 Å². The first-order chi connectivity index (χ1) is 8.47. The van der Waals surface area contributed by atoms with E-state index < -0.39 is 35.8 Å². The molecule has 0 heterocycles. The number of hydrogen-bond acceptors (Lipinski definition) is 7. The second-order valence-corrected chi connectivity index (χ2v) is 3.39. The van der Waals surface area contributed by atoms with E-state index in [4.69, 9.17) is 15.9 Å². The molecular formula is C10H13N3O5. The van der Waals surface area contributed by atoms with E-state index >= 15 is 0 Å². The molecule has 0 bridgehead atoms. The van der Waals surface area contributed by atoms with E-state index in [0.29, 0.717) is 0 Å². The molecule has 0 saturated carbocycles. The number of amides is 1. The van der Waals surface area contributed by atoms with Crippen molar-refractivity contribution in [2.75, 3.05) is 6.61 Å². The van der Waals surface area contributed by atoms with Crippen LogP contribution in [0.25, 0.3) is 0 Å². The first-order valence-corrected chi connectivity index (χ1v) is 4.90. The highest BCUT2D eigenvalue weighted by molar-refractivity contribution is 5.87. The summed E-state index contributed by atoms with van der Waals surface area (Å²) in [5, 5.41) is 39.8. The van der Waals surface area contributed by atoms with Gasteiger partial charge in [0.05, 0.1) is 12.8 Å². The average molecular weight is 255 g/mol.